The molecule has 0 heterocycles. The fourth-order valence-corrected chi connectivity index (χ4v) is 2.19. The molecular weight excluding hydrogens is 239 g/mol. The highest BCUT2D eigenvalue weighted by Gasteiger charge is 2.19. The molecule has 16 heavy (non-hydrogen) atoms. The van der Waals surface area contributed by atoms with Gasteiger partial charge in [-0.1, -0.05) is 60.7 Å². The highest BCUT2D eigenvalue weighted by Crippen LogP contribution is 2.38. The topological polar surface area (TPSA) is 0 Å². The van der Waals surface area contributed by atoms with Crippen molar-refractivity contribution in [3.05, 3.63) is 71.8 Å². The van der Waals surface area contributed by atoms with Crippen molar-refractivity contribution in [1.29, 1.82) is 0 Å². The van der Waals surface area contributed by atoms with Crippen LogP contribution in [0.4, 0.5) is 0 Å². The summed E-state index contributed by atoms with van der Waals surface area (Å²) in [5.41, 5.74) is 2.10. The van der Waals surface area contributed by atoms with Crippen molar-refractivity contribution in [2.24, 2.45) is 0 Å². The second-order valence-corrected chi connectivity index (χ2v) is 4.57. The predicted octanol–water partition coefficient (Wildman–Crippen LogP) is 4.95. The lowest BCUT2D eigenvalue weighted by Crippen LogP contribution is -1.99. The molecule has 2 rings (SSSR count). The van der Waals surface area contributed by atoms with E-state index in [4.69, 9.17) is 23.2 Å². The maximum atomic E-state index is 6.36. The third-order valence-corrected chi connectivity index (χ3v) is 3.63. The summed E-state index contributed by atoms with van der Waals surface area (Å²) in [6.45, 7) is 0. The van der Waals surface area contributed by atoms with E-state index in [1.807, 2.05) is 60.7 Å². The average Bonchev–Trinajstić information content (AvgIpc) is 2.39. The van der Waals surface area contributed by atoms with E-state index in [-0.39, 0.29) is 10.8 Å². The first-order valence-electron chi connectivity index (χ1n) is 5.17. The first kappa shape index (κ1) is 11.5. The average molecular weight is 251 g/mol. The minimum absolute atomic E-state index is 0.203. The molecule has 2 aromatic carbocycles. The van der Waals surface area contributed by atoms with Gasteiger partial charge in [-0.15, -0.1) is 23.2 Å². The van der Waals surface area contributed by atoms with Crippen LogP contribution in [0.3, 0.4) is 0 Å². The summed E-state index contributed by atoms with van der Waals surface area (Å²) in [6, 6.07) is 19.8. The fourth-order valence-electron chi connectivity index (χ4n) is 1.61. The zero-order valence-electron chi connectivity index (χ0n) is 8.68. The second kappa shape index (κ2) is 5.38. The highest BCUT2D eigenvalue weighted by atomic mass is 35.5. The quantitative estimate of drug-likeness (QED) is 0.677. The van der Waals surface area contributed by atoms with Crippen LogP contribution in [0, 0.1) is 0 Å². The lowest BCUT2D eigenvalue weighted by Gasteiger charge is -2.16. The summed E-state index contributed by atoms with van der Waals surface area (Å²) in [5.74, 6) is 0. The van der Waals surface area contributed by atoms with E-state index in [0.717, 1.165) is 11.1 Å². The van der Waals surface area contributed by atoms with Crippen molar-refractivity contribution in [2.45, 2.75) is 10.8 Å². The molecule has 0 spiro atoms. The van der Waals surface area contributed by atoms with Gasteiger partial charge in [-0.2, -0.15) is 0 Å². The molecule has 0 N–H and O–H groups in total. The van der Waals surface area contributed by atoms with Crippen molar-refractivity contribution >= 4 is 23.2 Å². The smallest absolute Gasteiger partial charge is 0.0790 e. The van der Waals surface area contributed by atoms with Gasteiger partial charge in [0.2, 0.25) is 0 Å². The summed E-state index contributed by atoms with van der Waals surface area (Å²) in [5, 5.41) is -0.407. The zero-order valence-corrected chi connectivity index (χ0v) is 10.2. The number of alkyl halides is 2. The maximum Gasteiger partial charge on any atom is 0.0790 e. The molecule has 0 bridgehead atoms. The Morgan fingerprint density at radius 1 is 0.562 bits per heavy atom. The molecule has 82 valence electrons. The van der Waals surface area contributed by atoms with Gasteiger partial charge >= 0.3 is 0 Å². The number of benzene rings is 2. The number of halogens is 2. The maximum absolute atomic E-state index is 6.36. The summed E-state index contributed by atoms with van der Waals surface area (Å²) in [4.78, 5) is 0. The van der Waals surface area contributed by atoms with Crippen LogP contribution in [0.1, 0.15) is 21.9 Å². The van der Waals surface area contributed by atoms with E-state index in [1.165, 1.54) is 0 Å². The van der Waals surface area contributed by atoms with Crippen LogP contribution >= 0.6 is 23.2 Å². The van der Waals surface area contributed by atoms with Crippen LogP contribution in [0.15, 0.2) is 60.7 Å². The molecule has 2 aromatic rings. The van der Waals surface area contributed by atoms with E-state index < -0.39 is 0 Å². The molecular formula is C14H12Cl2. The van der Waals surface area contributed by atoms with Gasteiger partial charge in [0, 0.05) is 0 Å². The van der Waals surface area contributed by atoms with Gasteiger partial charge in [0.25, 0.3) is 0 Å². The molecule has 0 saturated heterocycles. The third kappa shape index (κ3) is 2.58. The Hall–Kier alpha value is -0.980. The van der Waals surface area contributed by atoms with Gasteiger partial charge in [0.05, 0.1) is 10.8 Å². The summed E-state index contributed by atoms with van der Waals surface area (Å²) in [7, 11) is 0. The number of hydrogen-bond acceptors (Lipinski definition) is 0. The zero-order chi connectivity index (χ0) is 11.4. The SMILES string of the molecule is Cl[C@H](c1ccccc1)[C@@H](Cl)c1ccccc1. The lowest BCUT2D eigenvalue weighted by molar-refractivity contribution is 0.882. The molecule has 0 saturated carbocycles. The monoisotopic (exact) mass is 250 g/mol. The van der Waals surface area contributed by atoms with Crippen molar-refractivity contribution in [2.75, 3.05) is 0 Å². The summed E-state index contributed by atoms with van der Waals surface area (Å²) >= 11 is 12.7. The molecule has 0 fully saturated rings. The van der Waals surface area contributed by atoms with Gasteiger partial charge in [-0.3, -0.25) is 0 Å². The largest absolute Gasteiger partial charge is 0.116 e. The first-order valence-corrected chi connectivity index (χ1v) is 6.04. The van der Waals surface area contributed by atoms with Crippen LogP contribution in [0.2, 0.25) is 0 Å². The minimum atomic E-state index is -0.203. The number of hydrogen-bond donors (Lipinski definition) is 0. The molecule has 0 radical (unpaired) electrons. The normalized spacial score (nSPS) is 14.4. The van der Waals surface area contributed by atoms with E-state index in [0.29, 0.717) is 0 Å². The van der Waals surface area contributed by atoms with E-state index >= 15 is 0 Å². The lowest BCUT2D eigenvalue weighted by atomic mass is 10.0. The Morgan fingerprint density at radius 3 is 1.19 bits per heavy atom. The molecule has 0 amide bonds. The third-order valence-electron chi connectivity index (χ3n) is 2.49. The molecule has 2 atom stereocenters. The van der Waals surface area contributed by atoms with E-state index in [9.17, 15) is 0 Å². The molecule has 2 heteroatoms. The van der Waals surface area contributed by atoms with Crippen molar-refractivity contribution < 1.29 is 0 Å². The Labute approximate surface area is 106 Å². The molecule has 0 nitrogen and oxygen atoms in total. The Balaban J connectivity index is 2.20. The summed E-state index contributed by atoms with van der Waals surface area (Å²) < 4.78 is 0. The summed E-state index contributed by atoms with van der Waals surface area (Å²) in [6.07, 6.45) is 0. The van der Waals surface area contributed by atoms with Crippen molar-refractivity contribution in [3.63, 3.8) is 0 Å². The highest BCUT2D eigenvalue weighted by molar-refractivity contribution is 6.30. The van der Waals surface area contributed by atoms with Crippen molar-refractivity contribution in [1.82, 2.24) is 0 Å². The standard InChI is InChI=1S/C14H12Cl2/c15-13(11-7-3-1-4-8-11)14(16)12-9-5-2-6-10-12/h1-10,13-14H/t13-,14+. The van der Waals surface area contributed by atoms with E-state index in [2.05, 4.69) is 0 Å². The molecule has 0 aromatic heterocycles. The molecule has 0 aliphatic heterocycles. The molecule has 0 aliphatic rings. The fraction of sp³-hybridized carbons (Fsp3) is 0.143. The predicted molar refractivity (Wildman–Crippen MR) is 70.1 cm³/mol. The van der Waals surface area contributed by atoms with Crippen molar-refractivity contribution in [3.8, 4) is 0 Å². The minimum Gasteiger partial charge on any atom is -0.116 e. The molecule has 0 unspecified atom stereocenters. The van der Waals surface area contributed by atoms with Crippen LogP contribution in [-0.4, -0.2) is 0 Å². The molecule has 0 aliphatic carbocycles. The first-order chi connectivity index (χ1) is 7.79. The Bertz CT molecular complexity index is 382. The van der Waals surface area contributed by atoms with Gasteiger partial charge in [-0.05, 0) is 11.1 Å². The number of rotatable bonds is 3. The van der Waals surface area contributed by atoms with Gasteiger partial charge < -0.3 is 0 Å². The van der Waals surface area contributed by atoms with Crippen LogP contribution < -0.4 is 0 Å². The van der Waals surface area contributed by atoms with Crippen LogP contribution in [0.25, 0.3) is 0 Å². The van der Waals surface area contributed by atoms with E-state index in [1.54, 1.807) is 0 Å². The Morgan fingerprint density at radius 2 is 0.875 bits per heavy atom. The van der Waals surface area contributed by atoms with Gasteiger partial charge in [-0.25, -0.2) is 0 Å². The van der Waals surface area contributed by atoms with Gasteiger partial charge in [0.15, 0.2) is 0 Å². The second-order valence-electron chi connectivity index (χ2n) is 3.62. The van der Waals surface area contributed by atoms with Crippen LogP contribution in [-0.2, 0) is 0 Å². The van der Waals surface area contributed by atoms with Crippen LogP contribution in [0.5, 0.6) is 0 Å². The Kier molecular flexibility index (Phi) is 3.87. The van der Waals surface area contributed by atoms with Gasteiger partial charge in [0.1, 0.15) is 0 Å².